The second-order valence-corrected chi connectivity index (χ2v) is 5.05. The van der Waals surface area contributed by atoms with Gasteiger partial charge >= 0.3 is 5.97 Å². The molecule has 0 radical (unpaired) electrons. The van der Waals surface area contributed by atoms with Crippen LogP contribution < -0.4 is 5.32 Å². The van der Waals surface area contributed by atoms with Crippen LogP contribution in [0.1, 0.15) is 31.7 Å². The van der Waals surface area contributed by atoms with Crippen molar-refractivity contribution >= 4 is 27.6 Å². The Kier molecular flexibility index (Phi) is 5.48. The van der Waals surface area contributed by atoms with Gasteiger partial charge in [-0.05, 0) is 37.1 Å². The fourth-order valence-electron chi connectivity index (χ4n) is 1.64. The molecule has 0 amide bonds. The first-order chi connectivity index (χ1) is 8.04. The van der Waals surface area contributed by atoms with E-state index in [4.69, 9.17) is 5.11 Å². The molecule has 0 saturated heterocycles. The number of hydrogen-bond acceptors (Lipinski definition) is 2. The lowest BCUT2D eigenvalue weighted by atomic mass is 10.1. The lowest BCUT2D eigenvalue weighted by molar-refractivity contribution is -0.138. The number of nitrogens with one attached hydrogen (secondary N) is 1. The van der Waals surface area contributed by atoms with Crippen LogP contribution in [0.4, 0.5) is 5.69 Å². The van der Waals surface area contributed by atoms with E-state index in [0.717, 1.165) is 28.6 Å². The lowest BCUT2D eigenvalue weighted by Crippen LogP contribution is -2.29. The first-order valence-corrected chi connectivity index (χ1v) is 6.59. The molecule has 1 atom stereocenters. The number of rotatable bonds is 6. The third-order valence-corrected chi connectivity index (χ3v) is 3.16. The van der Waals surface area contributed by atoms with Gasteiger partial charge in [0.25, 0.3) is 0 Å². The quantitative estimate of drug-likeness (QED) is 0.840. The summed E-state index contributed by atoms with van der Waals surface area (Å²) < 4.78 is 1.00. The number of anilines is 1. The van der Waals surface area contributed by atoms with E-state index in [2.05, 4.69) is 28.2 Å². The summed E-state index contributed by atoms with van der Waals surface area (Å²) in [5, 5.41) is 12.2. The van der Waals surface area contributed by atoms with E-state index < -0.39 is 12.0 Å². The highest BCUT2D eigenvalue weighted by Gasteiger charge is 2.16. The van der Waals surface area contributed by atoms with Gasteiger partial charge in [0.15, 0.2) is 0 Å². The van der Waals surface area contributed by atoms with Gasteiger partial charge in [-0.1, -0.05) is 35.7 Å². The van der Waals surface area contributed by atoms with E-state index in [1.54, 1.807) is 0 Å². The number of carboxylic acid groups (broad SMARTS) is 1. The summed E-state index contributed by atoms with van der Waals surface area (Å²) in [7, 11) is 0. The van der Waals surface area contributed by atoms with Crippen molar-refractivity contribution in [2.75, 3.05) is 5.32 Å². The Hall–Kier alpha value is -1.03. The van der Waals surface area contributed by atoms with Gasteiger partial charge in [-0.25, -0.2) is 4.79 Å². The summed E-state index contributed by atoms with van der Waals surface area (Å²) in [6, 6.07) is 5.28. The summed E-state index contributed by atoms with van der Waals surface area (Å²) in [6.45, 7) is 4.02. The minimum Gasteiger partial charge on any atom is -0.480 e. The molecule has 17 heavy (non-hydrogen) atoms. The molecule has 0 aromatic heterocycles. The minimum atomic E-state index is -0.791. The highest BCUT2D eigenvalue weighted by Crippen LogP contribution is 2.21. The first-order valence-electron chi connectivity index (χ1n) is 5.80. The van der Waals surface area contributed by atoms with Gasteiger partial charge < -0.3 is 10.4 Å². The summed E-state index contributed by atoms with van der Waals surface area (Å²) in [5.41, 5.74) is 1.93. The molecule has 4 heteroatoms. The number of halogens is 1. The van der Waals surface area contributed by atoms with E-state index in [-0.39, 0.29) is 0 Å². The van der Waals surface area contributed by atoms with Crippen LogP contribution in [0.5, 0.6) is 0 Å². The molecule has 94 valence electrons. The average Bonchev–Trinajstić information content (AvgIpc) is 2.26. The zero-order chi connectivity index (χ0) is 12.8. The van der Waals surface area contributed by atoms with Gasteiger partial charge in [0.1, 0.15) is 6.04 Å². The van der Waals surface area contributed by atoms with Crippen LogP contribution in [-0.2, 0) is 4.79 Å². The monoisotopic (exact) mass is 299 g/mol. The fraction of sp³-hybridized carbons (Fsp3) is 0.462. The number of carbonyl (C=O) groups is 1. The van der Waals surface area contributed by atoms with Crippen molar-refractivity contribution < 1.29 is 9.90 Å². The summed E-state index contributed by atoms with van der Waals surface area (Å²) in [4.78, 5) is 11.1. The predicted octanol–water partition coefficient (Wildman–Crippen LogP) is 3.81. The SMILES string of the molecule is CCCCC(Nc1ccc(Br)cc1C)C(=O)O. The van der Waals surface area contributed by atoms with Crippen molar-refractivity contribution in [3.05, 3.63) is 28.2 Å². The molecular formula is C13H18BrNO2. The van der Waals surface area contributed by atoms with Gasteiger partial charge in [0, 0.05) is 10.2 Å². The summed E-state index contributed by atoms with van der Waals surface area (Å²) in [6.07, 6.45) is 2.58. The van der Waals surface area contributed by atoms with Gasteiger partial charge in [-0.15, -0.1) is 0 Å². The van der Waals surface area contributed by atoms with E-state index in [1.807, 2.05) is 25.1 Å². The number of benzene rings is 1. The van der Waals surface area contributed by atoms with Crippen LogP contribution in [-0.4, -0.2) is 17.1 Å². The maximum atomic E-state index is 11.1. The van der Waals surface area contributed by atoms with Gasteiger partial charge in [0.05, 0.1) is 0 Å². The number of unbranched alkanes of at least 4 members (excludes halogenated alkanes) is 1. The standard InChI is InChI=1S/C13H18BrNO2/c1-3-4-5-12(13(16)17)15-11-7-6-10(14)8-9(11)2/h6-8,12,15H,3-5H2,1-2H3,(H,16,17). The Morgan fingerprint density at radius 1 is 1.53 bits per heavy atom. The molecule has 0 heterocycles. The van der Waals surface area contributed by atoms with E-state index in [0.29, 0.717) is 6.42 Å². The molecule has 1 unspecified atom stereocenters. The molecule has 1 aromatic carbocycles. The smallest absolute Gasteiger partial charge is 0.326 e. The zero-order valence-corrected chi connectivity index (χ0v) is 11.8. The van der Waals surface area contributed by atoms with Crippen molar-refractivity contribution in [1.29, 1.82) is 0 Å². The lowest BCUT2D eigenvalue weighted by Gasteiger charge is -2.17. The third kappa shape index (κ3) is 4.38. The fourth-order valence-corrected chi connectivity index (χ4v) is 2.12. The highest BCUT2D eigenvalue weighted by atomic mass is 79.9. The first kappa shape index (κ1) is 14.0. The Morgan fingerprint density at radius 2 is 2.24 bits per heavy atom. The number of carboxylic acids is 1. The Balaban J connectivity index is 2.75. The molecule has 0 bridgehead atoms. The van der Waals surface area contributed by atoms with Crippen LogP contribution in [0.3, 0.4) is 0 Å². The second kappa shape index (κ2) is 6.64. The van der Waals surface area contributed by atoms with Crippen molar-refractivity contribution in [1.82, 2.24) is 0 Å². The molecule has 0 aliphatic carbocycles. The molecule has 0 spiro atoms. The minimum absolute atomic E-state index is 0.505. The van der Waals surface area contributed by atoms with Gasteiger partial charge in [-0.3, -0.25) is 0 Å². The van der Waals surface area contributed by atoms with Gasteiger partial charge in [-0.2, -0.15) is 0 Å². The number of aryl methyl sites for hydroxylation is 1. The Morgan fingerprint density at radius 3 is 2.76 bits per heavy atom. The highest BCUT2D eigenvalue weighted by molar-refractivity contribution is 9.10. The molecular weight excluding hydrogens is 282 g/mol. The van der Waals surface area contributed by atoms with E-state index >= 15 is 0 Å². The van der Waals surface area contributed by atoms with E-state index in [1.165, 1.54) is 0 Å². The van der Waals surface area contributed by atoms with Crippen molar-refractivity contribution in [3.63, 3.8) is 0 Å². The number of aliphatic carboxylic acids is 1. The zero-order valence-electron chi connectivity index (χ0n) is 10.2. The summed E-state index contributed by atoms with van der Waals surface area (Å²) in [5.74, 6) is -0.791. The van der Waals surface area contributed by atoms with Gasteiger partial charge in [0.2, 0.25) is 0 Å². The van der Waals surface area contributed by atoms with Crippen LogP contribution in [0, 0.1) is 6.92 Å². The number of hydrogen-bond donors (Lipinski definition) is 2. The largest absolute Gasteiger partial charge is 0.480 e. The molecule has 0 saturated carbocycles. The Bertz CT molecular complexity index is 393. The van der Waals surface area contributed by atoms with E-state index in [9.17, 15) is 4.79 Å². The molecule has 2 N–H and O–H groups in total. The van der Waals surface area contributed by atoms with Crippen molar-refractivity contribution in [2.45, 2.75) is 39.2 Å². The van der Waals surface area contributed by atoms with Crippen LogP contribution in [0.15, 0.2) is 22.7 Å². The molecule has 0 fully saturated rings. The maximum absolute atomic E-state index is 11.1. The second-order valence-electron chi connectivity index (χ2n) is 4.14. The molecule has 0 aliphatic rings. The maximum Gasteiger partial charge on any atom is 0.326 e. The topological polar surface area (TPSA) is 49.3 Å². The predicted molar refractivity (Wildman–Crippen MR) is 73.5 cm³/mol. The molecule has 0 aliphatic heterocycles. The van der Waals surface area contributed by atoms with Crippen molar-refractivity contribution in [3.8, 4) is 0 Å². The van der Waals surface area contributed by atoms with Crippen LogP contribution in [0.25, 0.3) is 0 Å². The molecule has 3 nitrogen and oxygen atoms in total. The summed E-state index contributed by atoms with van der Waals surface area (Å²) >= 11 is 3.39. The Labute approximate surface area is 110 Å². The van der Waals surface area contributed by atoms with Crippen molar-refractivity contribution in [2.24, 2.45) is 0 Å². The van der Waals surface area contributed by atoms with Crippen LogP contribution in [0.2, 0.25) is 0 Å². The third-order valence-electron chi connectivity index (χ3n) is 2.66. The van der Waals surface area contributed by atoms with Crippen LogP contribution >= 0.6 is 15.9 Å². The normalized spacial score (nSPS) is 12.2. The molecule has 1 aromatic rings. The average molecular weight is 300 g/mol. The molecule has 1 rings (SSSR count).